The van der Waals surface area contributed by atoms with Crippen LogP contribution in [0.15, 0.2) is 12.5 Å². The van der Waals surface area contributed by atoms with Crippen molar-refractivity contribution in [2.24, 2.45) is 0 Å². The van der Waals surface area contributed by atoms with Crippen molar-refractivity contribution in [2.45, 2.75) is 6.42 Å². The average Bonchev–Trinajstić information content (AvgIpc) is 2.76. The maximum absolute atomic E-state index is 11.3. The third kappa shape index (κ3) is 1.74. The summed E-state index contributed by atoms with van der Waals surface area (Å²) in [6, 6.07) is 0. The zero-order chi connectivity index (χ0) is 9.97. The summed E-state index contributed by atoms with van der Waals surface area (Å²) in [6.07, 6.45) is 4.16. The van der Waals surface area contributed by atoms with E-state index in [-0.39, 0.29) is 5.91 Å². The molecule has 1 amide bonds. The third-order valence-corrected chi connectivity index (χ3v) is 2.45. The Morgan fingerprint density at radius 2 is 2.50 bits per heavy atom. The van der Waals surface area contributed by atoms with Crippen LogP contribution in [0.2, 0.25) is 0 Å². The summed E-state index contributed by atoms with van der Waals surface area (Å²) in [4.78, 5) is 19.8. The first kappa shape index (κ1) is 9.14. The smallest absolute Gasteiger partial charge is 0.248 e. The van der Waals surface area contributed by atoms with Gasteiger partial charge in [0, 0.05) is 19.2 Å². The number of H-pyrrole nitrogens is 1. The molecule has 2 rings (SSSR count). The van der Waals surface area contributed by atoms with Gasteiger partial charge in [-0.2, -0.15) is 0 Å². The highest BCUT2D eigenvalue weighted by molar-refractivity contribution is 7.80. The molecule has 74 valence electrons. The van der Waals surface area contributed by atoms with Gasteiger partial charge >= 0.3 is 0 Å². The van der Waals surface area contributed by atoms with Gasteiger partial charge in [-0.15, -0.1) is 0 Å². The molecule has 6 heteroatoms. The predicted octanol–water partition coefficient (Wildman–Crippen LogP) is -0.331. The molecule has 0 aliphatic carbocycles. The van der Waals surface area contributed by atoms with Crippen LogP contribution >= 0.6 is 12.2 Å². The molecule has 14 heavy (non-hydrogen) atoms. The standard InChI is InChI=1S/C8H10N4OS/c13-7-4-10-8(14)12(7)2-1-6-3-9-5-11-6/h3,5H,1-2,4H2,(H,9,11)(H,10,14). The van der Waals surface area contributed by atoms with Crippen LogP contribution in [0.5, 0.6) is 0 Å². The van der Waals surface area contributed by atoms with E-state index in [1.165, 1.54) is 0 Å². The molecule has 1 fully saturated rings. The Labute approximate surface area is 86.5 Å². The Morgan fingerprint density at radius 1 is 1.64 bits per heavy atom. The zero-order valence-corrected chi connectivity index (χ0v) is 8.30. The number of hydrogen-bond acceptors (Lipinski definition) is 3. The molecule has 0 radical (unpaired) electrons. The summed E-state index contributed by atoms with van der Waals surface area (Å²) in [5, 5.41) is 3.35. The van der Waals surface area contributed by atoms with Crippen molar-refractivity contribution in [3.05, 3.63) is 18.2 Å². The van der Waals surface area contributed by atoms with Crippen LogP contribution in [0.3, 0.4) is 0 Å². The van der Waals surface area contributed by atoms with E-state index in [1.54, 1.807) is 11.2 Å². The molecular weight excluding hydrogens is 200 g/mol. The molecule has 2 N–H and O–H groups in total. The van der Waals surface area contributed by atoms with Crippen LogP contribution in [0.1, 0.15) is 5.69 Å². The fourth-order valence-corrected chi connectivity index (χ4v) is 1.60. The number of hydrogen-bond donors (Lipinski definition) is 2. The number of rotatable bonds is 3. The Balaban J connectivity index is 1.92. The second kappa shape index (κ2) is 3.75. The Kier molecular flexibility index (Phi) is 2.45. The minimum Gasteiger partial charge on any atom is -0.353 e. The van der Waals surface area contributed by atoms with Gasteiger partial charge in [-0.25, -0.2) is 4.98 Å². The van der Waals surface area contributed by atoms with Crippen LogP contribution in [-0.4, -0.2) is 39.0 Å². The van der Waals surface area contributed by atoms with E-state index in [0.29, 0.717) is 18.2 Å². The summed E-state index contributed by atoms with van der Waals surface area (Å²) in [6.45, 7) is 0.912. The van der Waals surface area contributed by atoms with Gasteiger partial charge in [0.05, 0.1) is 18.6 Å². The highest BCUT2D eigenvalue weighted by Crippen LogP contribution is 2.02. The normalized spacial score (nSPS) is 16.1. The number of nitrogens with one attached hydrogen (secondary N) is 2. The van der Waals surface area contributed by atoms with Crippen LogP contribution in [0, 0.1) is 0 Å². The Bertz CT molecular complexity index is 332. The van der Waals surface area contributed by atoms with Crippen LogP contribution < -0.4 is 5.32 Å². The van der Waals surface area contributed by atoms with Gasteiger partial charge < -0.3 is 10.3 Å². The topological polar surface area (TPSA) is 61.0 Å². The molecular formula is C8H10N4OS. The van der Waals surface area contributed by atoms with Crippen LogP contribution in [-0.2, 0) is 11.2 Å². The summed E-state index contributed by atoms with van der Waals surface area (Å²) < 4.78 is 0. The minimum atomic E-state index is 0.0329. The molecule has 0 unspecified atom stereocenters. The molecule has 1 aromatic rings. The molecule has 1 saturated heterocycles. The lowest BCUT2D eigenvalue weighted by molar-refractivity contribution is -0.124. The number of aromatic nitrogens is 2. The predicted molar refractivity (Wildman–Crippen MR) is 54.6 cm³/mol. The fourth-order valence-electron chi connectivity index (χ4n) is 1.34. The lowest BCUT2D eigenvalue weighted by atomic mass is 10.3. The van der Waals surface area contributed by atoms with Gasteiger partial charge in [0.15, 0.2) is 5.11 Å². The molecule has 1 aliphatic rings. The van der Waals surface area contributed by atoms with Crippen molar-refractivity contribution in [2.75, 3.05) is 13.1 Å². The quantitative estimate of drug-likeness (QED) is 0.671. The number of aromatic amines is 1. The largest absolute Gasteiger partial charge is 0.353 e. The van der Waals surface area contributed by atoms with Gasteiger partial charge in [-0.1, -0.05) is 0 Å². The third-order valence-electron chi connectivity index (χ3n) is 2.08. The van der Waals surface area contributed by atoms with Gasteiger partial charge in [-0.05, 0) is 12.2 Å². The van der Waals surface area contributed by atoms with Crippen molar-refractivity contribution in [3.8, 4) is 0 Å². The molecule has 0 aromatic carbocycles. The molecule has 2 heterocycles. The maximum atomic E-state index is 11.3. The van der Waals surface area contributed by atoms with Gasteiger partial charge in [0.1, 0.15) is 0 Å². The van der Waals surface area contributed by atoms with E-state index in [9.17, 15) is 4.79 Å². The molecule has 1 aromatic heterocycles. The number of imidazole rings is 1. The molecule has 0 atom stereocenters. The molecule has 5 nitrogen and oxygen atoms in total. The summed E-state index contributed by atoms with van der Waals surface area (Å²) >= 11 is 4.98. The van der Waals surface area contributed by atoms with Crippen molar-refractivity contribution >= 4 is 23.2 Å². The lowest BCUT2D eigenvalue weighted by Crippen LogP contribution is -2.32. The van der Waals surface area contributed by atoms with E-state index >= 15 is 0 Å². The van der Waals surface area contributed by atoms with Crippen molar-refractivity contribution < 1.29 is 4.79 Å². The monoisotopic (exact) mass is 210 g/mol. The molecule has 1 aliphatic heterocycles. The number of nitrogens with zero attached hydrogens (tertiary/aromatic N) is 2. The molecule has 0 bridgehead atoms. The number of carbonyl (C=O) groups is 1. The first-order valence-corrected chi connectivity index (χ1v) is 4.74. The minimum absolute atomic E-state index is 0.0329. The number of thiocarbonyl (C=S) groups is 1. The second-order valence-electron chi connectivity index (χ2n) is 3.01. The highest BCUT2D eigenvalue weighted by Gasteiger charge is 2.24. The summed E-state index contributed by atoms with van der Waals surface area (Å²) in [7, 11) is 0. The highest BCUT2D eigenvalue weighted by atomic mass is 32.1. The number of carbonyl (C=O) groups excluding carboxylic acids is 1. The second-order valence-corrected chi connectivity index (χ2v) is 3.40. The maximum Gasteiger partial charge on any atom is 0.248 e. The summed E-state index contributed by atoms with van der Waals surface area (Å²) in [5.74, 6) is 0.0329. The molecule has 0 saturated carbocycles. The Morgan fingerprint density at radius 3 is 3.07 bits per heavy atom. The number of amides is 1. The van der Waals surface area contributed by atoms with E-state index in [4.69, 9.17) is 12.2 Å². The lowest BCUT2D eigenvalue weighted by Gasteiger charge is -2.12. The first-order valence-electron chi connectivity index (χ1n) is 4.33. The van der Waals surface area contributed by atoms with Crippen LogP contribution in [0.4, 0.5) is 0 Å². The summed E-state index contributed by atoms with van der Waals surface area (Å²) in [5.41, 5.74) is 0.938. The van der Waals surface area contributed by atoms with Crippen molar-refractivity contribution in [3.63, 3.8) is 0 Å². The van der Waals surface area contributed by atoms with Gasteiger partial charge in [-0.3, -0.25) is 9.69 Å². The van der Waals surface area contributed by atoms with E-state index in [2.05, 4.69) is 15.3 Å². The average molecular weight is 210 g/mol. The van der Waals surface area contributed by atoms with E-state index in [0.717, 1.165) is 12.1 Å². The van der Waals surface area contributed by atoms with Crippen LogP contribution in [0.25, 0.3) is 0 Å². The SMILES string of the molecule is O=C1CNC(=S)N1CCc1c[nH]cn1. The molecule has 0 spiro atoms. The van der Waals surface area contributed by atoms with Gasteiger partial charge in [0.25, 0.3) is 0 Å². The fraction of sp³-hybridized carbons (Fsp3) is 0.375. The van der Waals surface area contributed by atoms with E-state index in [1.807, 2.05) is 6.20 Å². The Hall–Kier alpha value is -1.43. The van der Waals surface area contributed by atoms with Crippen molar-refractivity contribution in [1.82, 2.24) is 20.2 Å². The van der Waals surface area contributed by atoms with E-state index < -0.39 is 0 Å². The zero-order valence-electron chi connectivity index (χ0n) is 7.49. The van der Waals surface area contributed by atoms with Gasteiger partial charge in [0.2, 0.25) is 5.91 Å². The van der Waals surface area contributed by atoms with Crippen molar-refractivity contribution in [1.29, 1.82) is 0 Å². The first-order chi connectivity index (χ1) is 6.77.